The van der Waals surface area contributed by atoms with Crippen molar-refractivity contribution in [2.75, 3.05) is 0 Å². The fourth-order valence-corrected chi connectivity index (χ4v) is 0. The van der Waals surface area contributed by atoms with Crippen LogP contribution in [0, 0.1) is 0 Å². The molecule has 23 heteroatoms. The van der Waals surface area contributed by atoms with Crippen LogP contribution >= 0.6 is 0 Å². The molecule has 264 valence electrons. The van der Waals surface area contributed by atoms with Crippen molar-refractivity contribution in [3.8, 4) is 0 Å². The third kappa shape index (κ3) is 1850. The van der Waals surface area contributed by atoms with E-state index in [9.17, 15) is 0 Å². The Bertz CT molecular complexity index is 532. The fraction of sp³-hybridized carbons (Fsp3) is 0.500. The van der Waals surface area contributed by atoms with Gasteiger partial charge in [0, 0.05) is 65.7 Å². The van der Waals surface area contributed by atoms with E-state index in [0.29, 0.717) is 0 Å². The Hall–Kier alpha value is -5.31. The summed E-state index contributed by atoms with van der Waals surface area (Å²) in [7, 11) is 0. The predicted molar refractivity (Wildman–Crippen MR) is 117 cm³/mol. The summed E-state index contributed by atoms with van der Waals surface area (Å²) in [6.45, 7) is 10.7. The van der Waals surface area contributed by atoms with Gasteiger partial charge in [-0.05, 0) is 76.2 Å². The van der Waals surface area contributed by atoms with Crippen molar-refractivity contribution in [2.24, 2.45) is 0 Å². The van der Waals surface area contributed by atoms with Gasteiger partial charge in [-0.25, -0.2) is 0 Å². The largest absolute Gasteiger partial charge is 11.0 e. The number of hydrogen-bond donors (Lipinski definition) is 0. The van der Waals surface area contributed by atoms with E-state index >= 15 is 0 Å². The smallest absolute Gasteiger partial charge is 0.550 e. The van der Waals surface area contributed by atoms with Crippen LogP contribution in [0.3, 0.4) is 0 Å². The number of carbonyl (C=O) groups is 11. The van der Waals surface area contributed by atoms with Crippen LogP contribution in [0.5, 0.6) is 0 Å². The van der Waals surface area contributed by atoms with E-state index in [0.717, 1.165) is 76.2 Å². The van der Waals surface area contributed by atoms with Crippen molar-refractivity contribution in [3.05, 3.63) is 0 Å². The Kier molecular flexibility index (Phi) is 123. The number of rotatable bonds is 0. The van der Waals surface area contributed by atoms with Gasteiger partial charge in [0.15, 0.2) is 0 Å². The molecule has 0 heterocycles. The van der Waals surface area contributed by atoms with E-state index in [1.54, 1.807) is 0 Å². The first-order chi connectivity index (χ1) is 19.1. The van der Waals surface area contributed by atoms with Crippen LogP contribution in [0.1, 0.15) is 76.2 Å². The zero-order chi connectivity index (χ0) is 39.4. The van der Waals surface area contributed by atoms with Gasteiger partial charge >= 0.3 is 17.1 Å². The average molecular weight is 713 g/mol. The minimum absolute atomic E-state index is 0. The number of carboxylic acid groups (broad SMARTS) is 11. The van der Waals surface area contributed by atoms with Crippen LogP contribution < -0.4 is 56.2 Å². The molecule has 0 fully saturated rings. The Labute approximate surface area is 268 Å². The van der Waals surface area contributed by atoms with E-state index < -0.39 is 65.7 Å². The molecule has 0 saturated heterocycles. The first-order valence-electron chi connectivity index (χ1n) is 9.99. The summed E-state index contributed by atoms with van der Waals surface area (Å²) < 4.78 is 0. The van der Waals surface area contributed by atoms with E-state index in [1.807, 2.05) is 0 Å². The molecule has 45 heavy (non-hydrogen) atoms. The van der Waals surface area contributed by atoms with Gasteiger partial charge in [0.25, 0.3) is 0 Å². The standard InChI is InChI=1S/11C2H4O2.Cu/c11*1-2(3)4;/h11*1H3,(H,3,4);/q;;;;;;;;;;;+11/p-11. The van der Waals surface area contributed by atoms with Crippen LogP contribution in [-0.4, -0.2) is 65.7 Å². The third-order valence-electron chi connectivity index (χ3n) is 0. The molecule has 0 rings (SSSR count). The Morgan fingerprint density at radius 2 is 0.200 bits per heavy atom. The molecule has 22 nitrogen and oxygen atoms in total. The summed E-state index contributed by atoms with van der Waals surface area (Å²) >= 11 is 0. The van der Waals surface area contributed by atoms with Gasteiger partial charge in [-0.2, -0.15) is 0 Å². The summed E-state index contributed by atoms with van der Waals surface area (Å²) in [5.74, 6) is -11.9. The summed E-state index contributed by atoms with van der Waals surface area (Å²) in [5.41, 5.74) is 0. The molecule has 0 aliphatic heterocycles. The molecule has 0 atom stereocenters. The zero-order valence-electron chi connectivity index (χ0n) is 25.8. The second-order valence-electron chi connectivity index (χ2n) is 5.41. The van der Waals surface area contributed by atoms with Gasteiger partial charge < -0.3 is 109 Å². The summed E-state index contributed by atoms with van der Waals surface area (Å²) in [4.78, 5) is 97.8. The molecule has 0 unspecified atom stereocenters. The average Bonchev–Trinajstić information content (AvgIpc) is 2.55. The Balaban J connectivity index is -0.0000000266. The molecule has 0 aliphatic rings. The van der Waals surface area contributed by atoms with Gasteiger partial charge in [0.1, 0.15) is 0 Å². The first kappa shape index (κ1) is 77.5. The predicted octanol–water partition coefficient (Wildman–Crippen LogP) is -13.7. The van der Waals surface area contributed by atoms with Gasteiger partial charge in [-0.15, -0.1) is 0 Å². The van der Waals surface area contributed by atoms with E-state index in [1.165, 1.54) is 0 Å². The summed E-state index contributed by atoms with van der Waals surface area (Å²) in [6, 6.07) is 0. The molecule has 0 spiro atoms. The van der Waals surface area contributed by atoms with Crippen molar-refractivity contribution in [3.63, 3.8) is 0 Å². The SMILES string of the molecule is CC(=O)[O-].CC(=O)[O-].CC(=O)[O-].CC(=O)[O-].CC(=O)[O-].CC(=O)[O-].CC(=O)[O-].CC(=O)[O-].CC(=O)[O-].CC(=O)[O-].CC(=O)[O-].[Cu+11]. The van der Waals surface area contributed by atoms with Gasteiger partial charge in [0.2, 0.25) is 0 Å². The monoisotopic (exact) mass is 712 g/mol. The van der Waals surface area contributed by atoms with Crippen molar-refractivity contribution in [1.82, 2.24) is 0 Å². The van der Waals surface area contributed by atoms with Crippen LogP contribution in [0.15, 0.2) is 0 Å². The van der Waals surface area contributed by atoms with Gasteiger partial charge in [-0.3, -0.25) is 0 Å². The number of aliphatic carboxylic acids is 11. The Morgan fingerprint density at radius 1 is 0.200 bits per heavy atom. The number of carboxylic acids is 11. The zero-order valence-corrected chi connectivity index (χ0v) is 26.7. The third-order valence-corrected chi connectivity index (χ3v) is 0. The van der Waals surface area contributed by atoms with E-state index in [4.69, 9.17) is 109 Å². The van der Waals surface area contributed by atoms with Crippen LogP contribution in [0.4, 0.5) is 0 Å². The van der Waals surface area contributed by atoms with E-state index in [-0.39, 0.29) is 17.1 Å². The van der Waals surface area contributed by atoms with Gasteiger partial charge in [0.05, 0.1) is 0 Å². The molecule has 0 aromatic rings. The Morgan fingerprint density at radius 3 is 0.200 bits per heavy atom. The second kappa shape index (κ2) is 71.7. The molecular formula is C22H33CuO22. The molecule has 0 bridgehead atoms. The molecule has 0 saturated carbocycles. The maximum atomic E-state index is 8.89. The normalized spacial score (nSPS) is 6.11. The topological polar surface area (TPSA) is 441 Å². The molecular weight excluding hydrogens is 680 g/mol. The molecule has 0 N–H and O–H groups in total. The number of carbonyl (C=O) groups excluding carboxylic acids is 11. The minimum atomic E-state index is -1.08. The minimum Gasteiger partial charge on any atom is -0.550 e. The summed E-state index contributed by atoms with van der Waals surface area (Å²) in [6.07, 6.45) is 0. The van der Waals surface area contributed by atoms with E-state index in [2.05, 4.69) is 0 Å². The van der Waals surface area contributed by atoms with Crippen molar-refractivity contribution in [2.45, 2.75) is 76.2 Å². The van der Waals surface area contributed by atoms with Gasteiger partial charge in [-0.1, -0.05) is 0 Å². The second-order valence-corrected chi connectivity index (χ2v) is 5.41. The first-order valence-corrected chi connectivity index (χ1v) is 9.99. The van der Waals surface area contributed by atoms with Crippen LogP contribution in [-0.2, 0) is 69.8 Å². The number of hydrogen-bond acceptors (Lipinski definition) is 22. The molecule has 0 radical (unpaired) electrons. The van der Waals surface area contributed by atoms with Crippen molar-refractivity contribution < 1.29 is 126 Å². The maximum Gasteiger partial charge on any atom is 11.0 e. The molecule has 0 aromatic heterocycles. The summed E-state index contributed by atoms with van der Waals surface area (Å²) in [5, 5.41) is 97.8. The molecule has 0 amide bonds. The van der Waals surface area contributed by atoms with Crippen molar-refractivity contribution in [1.29, 1.82) is 0 Å². The van der Waals surface area contributed by atoms with Crippen LogP contribution in [0.25, 0.3) is 0 Å². The van der Waals surface area contributed by atoms with Crippen LogP contribution in [0.2, 0.25) is 0 Å². The molecule has 0 aromatic carbocycles. The maximum absolute atomic E-state index is 8.89. The quantitative estimate of drug-likeness (QED) is 0.210. The molecule has 0 aliphatic carbocycles. The van der Waals surface area contributed by atoms with Crippen molar-refractivity contribution >= 4 is 65.7 Å². The fourth-order valence-electron chi connectivity index (χ4n) is 0.